The number of benzene rings is 1. The first-order valence-electron chi connectivity index (χ1n) is 7.93. The third-order valence-corrected chi connectivity index (χ3v) is 5.08. The summed E-state index contributed by atoms with van der Waals surface area (Å²) in [5, 5.41) is 21.2. The van der Waals surface area contributed by atoms with Gasteiger partial charge >= 0.3 is 0 Å². The van der Waals surface area contributed by atoms with Crippen LogP contribution in [0.5, 0.6) is 5.75 Å². The summed E-state index contributed by atoms with van der Waals surface area (Å²) < 4.78 is 0. The minimum absolute atomic E-state index is 0. The molecule has 0 radical (unpaired) electrons. The number of carbonyl (C=O) groups is 2. The highest BCUT2D eigenvalue weighted by molar-refractivity contribution is 7.14. The van der Waals surface area contributed by atoms with Crippen LogP contribution in [0.4, 0.5) is 5.00 Å². The molecule has 4 N–H and O–H groups in total. The SMILES string of the molecule is Cl.O=C(Nc1sccc1C(=O)NCC1CCCN1)c1ccc(Cl)cc1O. The Labute approximate surface area is 166 Å². The molecule has 1 aromatic carbocycles. The molecule has 1 atom stereocenters. The first kappa shape index (κ1) is 20.5. The van der Waals surface area contributed by atoms with Gasteiger partial charge in [0.25, 0.3) is 11.8 Å². The van der Waals surface area contributed by atoms with Gasteiger partial charge in [-0.15, -0.1) is 23.7 Å². The van der Waals surface area contributed by atoms with Gasteiger partial charge in [-0.25, -0.2) is 0 Å². The number of carbonyl (C=O) groups excluding carboxylic acids is 2. The van der Waals surface area contributed by atoms with Gasteiger partial charge in [0.15, 0.2) is 0 Å². The number of hydrogen-bond donors (Lipinski definition) is 4. The highest BCUT2D eigenvalue weighted by atomic mass is 35.5. The fourth-order valence-electron chi connectivity index (χ4n) is 2.69. The van der Waals surface area contributed by atoms with Crippen molar-refractivity contribution in [2.24, 2.45) is 0 Å². The van der Waals surface area contributed by atoms with E-state index in [1.807, 2.05) is 0 Å². The van der Waals surface area contributed by atoms with Crippen molar-refractivity contribution in [2.45, 2.75) is 18.9 Å². The molecule has 9 heteroatoms. The minimum atomic E-state index is -0.497. The summed E-state index contributed by atoms with van der Waals surface area (Å²) in [6.07, 6.45) is 2.16. The van der Waals surface area contributed by atoms with Crippen molar-refractivity contribution in [1.29, 1.82) is 0 Å². The first-order valence-corrected chi connectivity index (χ1v) is 9.19. The van der Waals surface area contributed by atoms with Crippen LogP contribution in [0.3, 0.4) is 0 Å². The maximum Gasteiger partial charge on any atom is 0.260 e. The highest BCUT2D eigenvalue weighted by Crippen LogP contribution is 2.27. The summed E-state index contributed by atoms with van der Waals surface area (Å²) in [5.41, 5.74) is 0.504. The summed E-state index contributed by atoms with van der Waals surface area (Å²) in [6.45, 7) is 1.53. The molecule has 1 aromatic heterocycles. The molecule has 1 fully saturated rings. The summed E-state index contributed by atoms with van der Waals surface area (Å²) >= 11 is 7.02. The number of nitrogens with one attached hydrogen (secondary N) is 3. The predicted molar refractivity (Wildman–Crippen MR) is 106 cm³/mol. The van der Waals surface area contributed by atoms with Gasteiger partial charge in [-0.1, -0.05) is 11.6 Å². The molecular weight excluding hydrogens is 397 g/mol. The predicted octanol–water partition coefficient (Wildman–Crippen LogP) is 3.26. The zero-order valence-corrected chi connectivity index (χ0v) is 16.1. The summed E-state index contributed by atoms with van der Waals surface area (Å²) in [4.78, 5) is 24.7. The van der Waals surface area contributed by atoms with Gasteiger partial charge in [0.2, 0.25) is 0 Å². The molecule has 2 amide bonds. The molecule has 2 heterocycles. The van der Waals surface area contributed by atoms with Crippen molar-refractivity contribution < 1.29 is 14.7 Å². The van der Waals surface area contributed by atoms with Crippen molar-refractivity contribution in [3.63, 3.8) is 0 Å². The maximum atomic E-state index is 12.4. The standard InChI is InChI=1S/C17H18ClN3O3S.ClH/c18-10-3-4-12(14(22)8-10)16(24)21-17-13(5-7-25-17)15(23)20-9-11-2-1-6-19-11;/h3-5,7-8,11,19,22H,1-2,6,9H2,(H,20,23)(H,21,24);1H. The van der Waals surface area contributed by atoms with Gasteiger partial charge in [0.05, 0.1) is 11.1 Å². The number of phenolic OH excluding ortho intramolecular Hbond substituents is 1. The Morgan fingerprint density at radius 1 is 1.27 bits per heavy atom. The number of rotatable bonds is 5. The maximum absolute atomic E-state index is 12.4. The fraction of sp³-hybridized carbons (Fsp3) is 0.294. The topological polar surface area (TPSA) is 90.5 Å². The molecule has 3 rings (SSSR count). The lowest BCUT2D eigenvalue weighted by Crippen LogP contribution is -2.37. The van der Waals surface area contributed by atoms with E-state index >= 15 is 0 Å². The Morgan fingerprint density at radius 3 is 2.77 bits per heavy atom. The first-order chi connectivity index (χ1) is 12.0. The Morgan fingerprint density at radius 2 is 2.08 bits per heavy atom. The number of aromatic hydroxyl groups is 1. The monoisotopic (exact) mass is 415 g/mol. The molecular formula is C17H19Cl2N3O3S. The number of thiophene rings is 1. The largest absolute Gasteiger partial charge is 0.507 e. The van der Waals surface area contributed by atoms with Crippen LogP contribution in [0.25, 0.3) is 0 Å². The summed E-state index contributed by atoms with van der Waals surface area (Å²) in [7, 11) is 0. The second-order valence-corrected chi connectivity index (χ2v) is 7.13. The van der Waals surface area contributed by atoms with Crippen LogP contribution < -0.4 is 16.0 Å². The van der Waals surface area contributed by atoms with Gasteiger partial charge in [0, 0.05) is 17.6 Å². The highest BCUT2D eigenvalue weighted by Gasteiger charge is 2.19. The lowest BCUT2D eigenvalue weighted by Gasteiger charge is -2.12. The van der Waals surface area contributed by atoms with Crippen molar-refractivity contribution in [2.75, 3.05) is 18.4 Å². The quantitative estimate of drug-likeness (QED) is 0.602. The van der Waals surface area contributed by atoms with Crippen molar-refractivity contribution in [1.82, 2.24) is 10.6 Å². The average Bonchev–Trinajstić information content (AvgIpc) is 3.24. The molecule has 0 aliphatic carbocycles. The smallest absolute Gasteiger partial charge is 0.260 e. The van der Waals surface area contributed by atoms with Crippen LogP contribution in [-0.4, -0.2) is 36.1 Å². The van der Waals surface area contributed by atoms with E-state index in [1.54, 1.807) is 11.4 Å². The molecule has 2 aromatic rings. The summed E-state index contributed by atoms with van der Waals surface area (Å²) in [6, 6.07) is 6.22. The van der Waals surface area contributed by atoms with E-state index in [4.69, 9.17) is 11.6 Å². The van der Waals surface area contributed by atoms with Gasteiger partial charge in [-0.2, -0.15) is 0 Å². The van der Waals surface area contributed by atoms with E-state index in [9.17, 15) is 14.7 Å². The number of amides is 2. The van der Waals surface area contributed by atoms with Crippen LogP contribution in [0.15, 0.2) is 29.6 Å². The number of hydrogen-bond acceptors (Lipinski definition) is 5. The minimum Gasteiger partial charge on any atom is -0.507 e. The molecule has 1 unspecified atom stereocenters. The third-order valence-electron chi connectivity index (χ3n) is 4.01. The molecule has 0 saturated carbocycles. The Balaban J connectivity index is 0.00000243. The van der Waals surface area contributed by atoms with Gasteiger partial charge in [-0.05, 0) is 49.0 Å². The zero-order chi connectivity index (χ0) is 17.8. The van der Waals surface area contributed by atoms with Gasteiger partial charge in [-0.3, -0.25) is 9.59 Å². The van der Waals surface area contributed by atoms with Crippen LogP contribution in [0, 0.1) is 0 Å². The Hall–Kier alpha value is -1.80. The van der Waals surface area contributed by atoms with Gasteiger partial charge in [0.1, 0.15) is 10.8 Å². The number of halogens is 2. The zero-order valence-electron chi connectivity index (χ0n) is 13.8. The second kappa shape index (κ2) is 9.23. The summed E-state index contributed by atoms with van der Waals surface area (Å²) in [5.74, 6) is -0.937. The van der Waals surface area contributed by atoms with Crippen LogP contribution in [0.1, 0.15) is 33.6 Å². The molecule has 1 saturated heterocycles. The van der Waals surface area contributed by atoms with E-state index in [0.29, 0.717) is 28.2 Å². The molecule has 0 bridgehead atoms. The molecule has 1 aliphatic heterocycles. The molecule has 0 spiro atoms. The van der Waals surface area contributed by atoms with Crippen molar-refractivity contribution in [3.8, 4) is 5.75 Å². The van der Waals surface area contributed by atoms with E-state index in [0.717, 1.165) is 19.4 Å². The van der Waals surface area contributed by atoms with E-state index in [2.05, 4.69) is 16.0 Å². The van der Waals surface area contributed by atoms with Crippen molar-refractivity contribution >= 4 is 52.2 Å². The number of phenols is 1. The average molecular weight is 416 g/mol. The third kappa shape index (κ3) is 4.88. The van der Waals surface area contributed by atoms with Crippen LogP contribution in [0.2, 0.25) is 5.02 Å². The van der Waals surface area contributed by atoms with E-state index in [1.165, 1.54) is 29.5 Å². The van der Waals surface area contributed by atoms with E-state index < -0.39 is 5.91 Å². The van der Waals surface area contributed by atoms with Crippen molar-refractivity contribution in [3.05, 3.63) is 45.8 Å². The van der Waals surface area contributed by atoms with Gasteiger partial charge < -0.3 is 21.1 Å². The molecule has 140 valence electrons. The lowest BCUT2D eigenvalue weighted by atomic mass is 10.2. The Kier molecular flexibility index (Phi) is 7.28. The Bertz CT molecular complexity index is 791. The number of anilines is 1. The van der Waals surface area contributed by atoms with E-state index in [-0.39, 0.29) is 29.6 Å². The molecule has 1 aliphatic rings. The fourth-order valence-corrected chi connectivity index (χ4v) is 3.64. The van der Waals surface area contributed by atoms with Crippen LogP contribution >= 0.6 is 35.3 Å². The lowest BCUT2D eigenvalue weighted by molar-refractivity contribution is 0.0951. The molecule has 26 heavy (non-hydrogen) atoms. The normalized spacial score (nSPS) is 16.0. The molecule has 6 nitrogen and oxygen atoms in total. The second-order valence-electron chi connectivity index (χ2n) is 5.78. The van der Waals surface area contributed by atoms with Crippen LogP contribution in [-0.2, 0) is 0 Å².